The van der Waals surface area contributed by atoms with Crippen LogP contribution in [0.4, 0.5) is 11.5 Å². The zero-order valence-corrected chi connectivity index (χ0v) is 15.3. The van der Waals surface area contributed by atoms with Crippen LogP contribution in [0.3, 0.4) is 0 Å². The molecule has 1 aromatic heterocycles. The van der Waals surface area contributed by atoms with E-state index in [0.717, 1.165) is 5.69 Å². The maximum absolute atomic E-state index is 12.5. The van der Waals surface area contributed by atoms with Crippen molar-refractivity contribution in [1.82, 2.24) is 19.8 Å². The summed E-state index contributed by atoms with van der Waals surface area (Å²) >= 11 is 0. The number of piperazine rings is 1. The van der Waals surface area contributed by atoms with Gasteiger partial charge in [-0.05, 0) is 31.2 Å². The van der Waals surface area contributed by atoms with Crippen LogP contribution in [0.15, 0.2) is 36.7 Å². The van der Waals surface area contributed by atoms with Crippen molar-refractivity contribution < 1.29 is 14.4 Å². The van der Waals surface area contributed by atoms with E-state index in [4.69, 9.17) is 0 Å². The largest absolute Gasteiger partial charge is 0.339 e. The van der Waals surface area contributed by atoms with Crippen LogP contribution in [0.25, 0.3) is 0 Å². The third-order valence-electron chi connectivity index (χ3n) is 4.45. The maximum atomic E-state index is 12.5. The predicted molar refractivity (Wildman–Crippen MR) is 99.9 cm³/mol. The van der Waals surface area contributed by atoms with Crippen LogP contribution in [-0.2, 0) is 4.79 Å². The Balaban J connectivity index is 1.60. The molecule has 3 rings (SSSR count). The molecule has 0 aliphatic carbocycles. The lowest BCUT2D eigenvalue weighted by Crippen LogP contribution is -2.50. The van der Waals surface area contributed by atoms with Crippen LogP contribution in [0.2, 0.25) is 0 Å². The summed E-state index contributed by atoms with van der Waals surface area (Å²) in [6.07, 6.45) is 2.93. The Labute approximate surface area is 157 Å². The van der Waals surface area contributed by atoms with Crippen LogP contribution >= 0.6 is 0 Å². The van der Waals surface area contributed by atoms with Crippen LogP contribution in [-0.4, -0.2) is 63.5 Å². The lowest BCUT2D eigenvalue weighted by Gasteiger charge is -2.33. The van der Waals surface area contributed by atoms with Gasteiger partial charge in [0.15, 0.2) is 5.78 Å². The zero-order chi connectivity index (χ0) is 19.4. The molecule has 2 heterocycles. The van der Waals surface area contributed by atoms with Crippen LogP contribution in [0.5, 0.6) is 0 Å². The number of benzene rings is 1. The van der Waals surface area contributed by atoms with Crippen molar-refractivity contribution in [2.45, 2.75) is 13.8 Å². The zero-order valence-electron chi connectivity index (χ0n) is 15.3. The molecular weight excluding hydrogens is 346 g/mol. The average molecular weight is 367 g/mol. The van der Waals surface area contributed by atoms with Crippen LogP contribution in [0.1, 0.15) is 34.7 Å². The molecule has 0 saturated carbocycles. The fourth-order valence-electron chi connectivity index (χ4n) is 2.83. The molecule has 27 heavy (non-hydrogen) atoms. The van der Waals surface area contributed by atoms with E-state index in [1.165, 1.54) is 26.2 Å². The number of nitrogens with zero attached hydrogens (tertiary/aromatic N) is 4. The van der Waals surface area contributed by atoms with Crippen molar-refractivity contribution in [3.63, 3.8) is 0 Å². The quantitative estimate of drug-likeness (QED) is 0.827. The smallest absolute Gasteiger partial charge is 0.274 e. The molecule has 0 atom stereocenters. The molecule has 1 fully saturated rings. The van der Waals surface area contributed by atoms with E-state index < -0.39 is 0 Å². The first-order valence-corrected chi connectivity index (χ1v) is 8.69. The van der Waals surface area contributed by atoms with Gasteiger partial charge in [-0.1, -0.05) is 0 Å². The Morgan fingerprint density at radius 1 is 0.889 bits per heavy atom. The van der Waals surface area contributed by atoms with Crippen LogP contribution < -0.4 is 5.32 Å². The molecule has 1 saturated heterocycles. The van der Waals surface area contributed by atoms with Gasteiger partial charge in [-0.15, -0.1) is 0 Å². The monoisotopic (exact) mass is 367 g/mol. The highest BCUT2D eigenvalue weighted by Gasteiger charge is 2.24. The Morgan fingerprint density at radius 2 is 1.52 bits per heavy atom. The maximum Gasteiger partial charge on any atom is 0.274 e. The molecule has 140 valence electrons. The van der Waals surface area contributed by atoms with E-state index in [0.29, 0.717) is 37.6 Å². The van der Waals surface area contributed by atoms with Gasteiger partial charge in [-0.25, -0.2) is 9.97 Å². The summed E-state index contributed by atoms with van der Waals surface area (Å²) in [5.41, 5.74) is 1.68. The standard InChI is InChI=1S/C19H21N5O3/c1-13(25)15-3-5-16(6-4-15)22-18-12-20-17(11-21-18)19(27)24-9-7-23(8-10-24)14(2)26/h3-6,11-12H,7-10H2,1-2H3,(H,21,22). The van der Waals surface area contributed by atoms with Crippen molar-refractivity contribution in [3.05, 3.63) is 47.9 Å². The highest BCUT2D eigenvalue weighted by Crippen LogP contribution is 2.15. The Morgan fingerprint density at radius 3 is 2.04 bits per heavy atom. The number of carbonyl (C=O) groups is 3. The van der Waals surface area contributed by atoms with Crippen molar-refractivity contribution >= 4 is 29.1 Å². The summed E-state index contributed by atoms with van der Waals surface area (Å²) in [5.74, 6) is 0.341. The molecule has 1 aromatic carbocycles. The van der Waals surface area contributed by atoms with Crippen molar-refractivity contribution in [3.8, 4) is 0 Å². The van der Waals surface area contributed by atoms with Gasteiger partial charge >= 0.3 is 0 Å². The fourth-order valence-corrected chi connectivity index (χ4v) is 2.83. The summed E-state index contributed by atoms with van der Waals surface area (Å²) in [6, 6.07) is 7.03. The van der Waals surface area contributed by atoms with Gasteiger partial charge in [-0.2, -0.15) is 0 Å². The number of carbonyl (C=O) groups excluding carboxylic acids is 3. The average Bonchev–Trinajstić information content (AvgIpc) is 2.68. The van der Waals surface area contributed by atoms with Crippen molar-refractivity contribution in [2.75, 3.05) is 31.5 Å². The van der Waals surface area contributed by atoms with E-state index in [9.17, 15) is 14.4 Å². The van der Waals surface area contributed by atoms with Gasteiger partial charge in [-0.3, -0.25) is 14.4 Å². The van der Waals surface area contributed by atoms with Gasteiger partial charge in [0.1, 0.15) is 11.5 Å². The summed E-state index contributed by atoms with van der Waals surface area (Å²) in [6.45, 7) is 5.09. The second kappa shape index (κ2) is 7.94. The first-order valence-electron chi connectivity index (χ1n) is 8.69. The lowest BCUT2D eigenvalue weighted by molar-refractivity contribution is -0.130. The lowest BCUT2D eigenvalue weighted by atomic mass is 10.1. The second-order valence-corrected chi connectivity index (χ2v) is 6.34. The number of hydrogen-bond donors (Lipinski definition) is 1. The fraction of sp³-hybridized carbons (Fsp3) is 0.316. The Kier molecular flexibility index (Phi) is 5.44. The third-order valence-corrected chi connectivity index (χ3v) is 4.45. The first-order chi connectivity index (χ1) is 12.9. The number of anilines is 2. The van der Waals surface area contributed by atoms with E-state index in [1.54, 1.807) is 34.1 Å². The number of amides is 2. The second-order valence-electron chi connectivity index (χ2n) is 6.34. The molecule has 1 aliphatic heterocycles. The molecule has 0 bridgehead atoms. The molecule has 8 nitrogen and oxygen atoms in total. The van der Waals surface area contributed by atoms with Crippen LogP contribution in [0, 0.1) is 0 Å². The summed E-state index contributed by atoms with van der Waals surface area (Å²) < 4.78 is 0. The Bertz CT molecular complexity index is 841. The molecular formula is C19H21N5O3. The number of ketones is 1. The molecule has 2 aromatic rings. The topological polar surface area (TPSA) is 95.5 Å². The number of Topliss-reactive ketones (excluding diaryl/α,β-unsaturated/α-hetero) is 1. The SMILES string of the molecule is CC(=O)c1ccc(Nc2cnc(C(=O)N3CCN(C(C)=O)CC3)cn2)cc1. The minimum Gasteiger partial charge on any atom is -0.339 e. The number of nitrogens with one attached hydrogen (secondary N) is 1. The first kappa shape index (κ1) is 18.5. The summed E-state index contributed by atoms with van der Waals surface area (Å²) in [5, 5.41) is 3.08. The highest BCUT2D eigenvalue weighted by atomic mass is 16.2. The normalized spacial score (nSPS) is 14.0. The molecule has 1 N–H and O–H groups in total. The van der Waals surface area contributed by atoms with Gasteiger partial charge in [0.2, 0.25) is 5.91 Å². The minimum atomic E-state index is -0.192. The minimum absolute atomic E-state index is 0.00773. The van der Waals surface area contributed by atoms with Gasteiger partial charge in [0.05, 0.1) is 12.4 Å². The van der Waals surface area contributed by atoms with E-state index in [2.05, 4.69) is 15.3 Å². The highest BCUT2D eigenvalue weighted by molar-refractivity contribution is 5.94. The molecule has 0 unspecified atom stereocenters. The van der Waals surface area contributed by atoms with E-state index >= 15 is 0 Å². The van der Waals surface area contributed by atoms with E-state index in [1.807, 2.05) is 0 Å². The molecule has 0 spiro atoms. The summed E-state index contributed by atoms with van der Waals surface area (Å²) in [7, 11) is 0. The number of rotatable bonds is 4. The number of hydrogen-bond acceptors (Lipinski definition) is 6. The van der Waals surface area contributed by atoms with Gasteiger partial charge in [0, 0.05) is 44.4 Å². The predicted octanol–water partition coefficient (Wildman–Crippen LogP) is 1.73. The third kappa shape index (κ3) is 4.46. The van der Waals surface area contributed by atoms with E-state index in [-0.39, 0.29) is 23.3 Å². The molecule has 1 aliphatic rings. The molecule has 0 radical (unpaired) electrons. The van der Waals surface area contributed by atoms with Gasteiger partial charge < -0.3 is 15.1 Å². The number of aromatic nitrogens is 2. The Hall–Kier alpha value is -3.29. The summed E-state index contributed by atoms with van der Waals surface area (Å²) in [4.78, 5) is 47.0. The molecule has 8 heteroatoms. The molecule has 2 amide bonds. The van der Waals surface area contributed by atoms with Crippen molar-refractivity contribution in [1.29, 1.82) is 0 Å². The van der Waals surface area contributed by atoms with Crippen molar-refractivity contribution in [2.24, 2.45) is 0 Å². The van der Waals surface area contributed by atoms with Gasteiger partial charge in [0.25, 0.3) is 5.91 Å².